The molecule has 7 heteroatoms. The molecule has 0 saturated carbocycles. The Labute approximate surface area is 160 Å². The number of hydrogen-bond donors (Lipinski definition) is 1. The largest absolute Gasteiger partial charge is 0.406 e. The molecule has 0 spiro atoms. The number of likely N-dealkylation sites (N-methyl/N-ethyl adjacent to an activating group) is 1. The fraction of sp³-hybridized carbons (Fsp3) is 0.550. The highest BCUT2D eigenvalue weighted by molar-refractivity contribution is 5.76. The summed E-state index contributed by atoms with van der Waals surface area (Å²) in [5.41, 5.74) is 1.12. The summed E-state index contributed by atoms with van der Waals surface area (Å²) in [5.74, 6) is 0.765. The molecular weight excluding hydrogens is 342 g/mol. The summed E-state index contributed by atoms with van der Waals surface area (Å²) >= 11 is 0. The van der Waals surface area contributed by atoms with Gasteiger partial charge in [0.25, 0.3) is 0 Å². The molecule has 3 rings (SSSR count). The molecule has 1 aliphatic heterocycles. The van der Waals surface area contributed by atoms with E-state index in [0.29, 0.717) is 30.7 Å². The van der Waals surface area contributed by atoms with E-state index < -0.39 is 0 Å². The summed E-state index contributed by atoms with van der Waals surface area (Å²) in [7, 11) is 2.11. The van der Waals surface area contributed by atoms with Gasteiger partial charge in [-0.1, -0.05) is 49.3 Å². The van der Waals surface area contributed by atoms with E-state index >= 15 is 0 Å². The number of carbonyl (C=O) groups is 1. The summed E-state index contributed by atoms with van der Waals surface area (Å²) in [4.78, 5) is 16.7. The van der Waals surface area contributed by atoms with Gasteiger partial charge in [0.2, 0.25) is 11.8 Å². The van der Waals surface area contributed by atoms with Gasteiger partial charge in [0.15, 0.2) is 0 Å². The Hall–Kier alpha value is -2.41. The number of hydrogen-bond acceptors (Lipinski definition) is 6. The van der Waals surface area contributed by atoms with Crippen LogP contribution in [0.5, 0.6) is 0 Å². The zero-order chi connectivity index (χ0) is 19.2. The van der Waals surface area contributed by atoms with Crippen LogP contribution < -0.4 is 10.2 Å². The summed E-state index contributed by atoms with van der Waals surface area (Å²) in [5, 5.41) is 11.6. The molecule has 146 valence electrons. The Morgan fingerprint density at radius 2 is 1.85 bits per heavy atom. The van der Waals surface area contributed by atoms with Gasteiger partial charge < -0.3 is 19.5 Å². The lowest BCUT2D eigenvalue weighted by atomic mass is 10.0. The number of aromatic nitrogens is 2. The van der Waals surface area contributed by atoms with Crippen molar-refractivity contribution in [3.63, 3.8) is 0 Å². The van der Waals surface area contributed by atoms with Gasteiger partial charge in [-0.3, -0.25) is 4.79 Å². The van der Waals surface area contributed by atoms with E-state index in [1.807, 2.05) is 44.2 Å². The van der Waals surface area contributed by atoms with E-state index in [0.717, 1.165) is 31.7 Å². The zero-order valence-electron chi connectivity index (χ0n) is 16.4. The first-order valence-electron chi connectivity index (χ1n) is 9.61. The SMILES string of the molecule is CC(C)CC(=O)N[C@H](Cc1ccccc1)c1nnc(N2CCN(C)CC2)o1. The molecule has 1 fully saturated rings. The first-order chi connectivity index (χ1) is 13.0. The van der Waals surface area contributed by atoms with Gasteiger partial charge in [-0.25, -0.2) is 0 Å². The minimum absolute atomic E-state index is 0.00489. The average molecular weight is 371 g/mol. The Bertz CT molecular complexity index is 723. The van der Waals surface area contributed by atoms with E-state index in [1.165, 1.54) is 0 Å². The maximum atomic E-state index is 12.4. The Kier molecular flexibility index (Phi) is 6.45. The minimum atomic E-state index is -0.327. The third-order valence-corrected chi connectivity index (χ3v) is 4.71. The van der Waals surface area contributed by atoms with Crippen LogP contribution in [0.1, 0.15) is 37.8 Å². The molecule has 2 heterocycles. The quantitative estimate of drug-likeness (QED) is 0.805. The molecule has 1 saturated heterocycles. The first-order valence-corrected chi connectivity index (χ1v) is 9.61. The molecular formula is C20H29N5O2. The fourth-order valence-corrected chi connectivity index (χ4v) is 3.17. The third-order valence-electron chi connectivity index (χ3n) is 4.71. The van der Waals surface area contributed by atoms with E-state index in [4.69, 9.17) is 4.42 Å². The number of nitrogens with one attached hydrogen (secondary N) is 1. The van der Waals surface area contributed by atoms with Gasteiger partial charge in [0.05, 0.1) is 0 Å². The number of amides is 1. The number of anilines is 1. The fourth-order valence-electron chi connectivity index (χ4n) is 3.17. The summed E-state index contributed by atoms with van der Waals surface area (Å²) in [6.07, 6.45) is 1.10. The highest BCUT2D eigenvalue weighted by Crippen LogP contribution is 2.22. The van der Waals surface area contributed by atoms with Crippen LogP contribution in [0.3, 0.4) is 0 Å². The zero-order valence-corrected chi connectivity index (χ0v) is 16.4. The highest BCUT2D eigenvalue weighted by Gasteiger charge is 2.25. The van der Waals surface area contributed by atoms with Crippen molar-refractivity contribution in [1.82, 2.24) is 20.4 Å². The molecule has 0 radical (unpaired) electrons. The van der Waals surface area contributed by atoms with E-state index in [2.05, 4.69) is 32.4 Å². The second kappa shape index (κ2) is 8.99. The van der Waals surface area contributed by atoms with Crippen molar-refractivity contribution >= 4 is 11.9 Å². The van der Waals surface area contributed by atoms with Crippen molar-refractivity contribution in [3.8, 4) is 0 Å². The average Bonchev–Trinajstić information content (AvgIpc) is 3.12. The van der Waals surface area contributed by atoms with Crippen LogP contribution in [0.15, 0.2) is 34.7 Å². The molecule has 7 nitrogen and oxygen atoms in total. The lowest BCUT2D eigenvalue weighted by Crippen LogP contribution is -2.44. The lowest BCUT2D eigenvalue weighted by Gasteiger charge is -2.30. The minimum Gasteiger partial charge on any atom is -0.406 e. The van der Waals surface area contributed by atoms with Crippen LogP contribution in [0.2, 0.25) is 0 Å². The van der Waals surface area contributed by atoms with E-state index in [9.17, 15) is 4.79 Å². The van der Waals surface area contributed by atoms with Crippen molar-refractivity contribution in [2.24, 2.45) is 5.92 Å². The van der Waals surface area contributed by atoms with Gasteiger partial charge in [0.1, 0.15) is 6.04 Å². The molecule has 0 aliphatic carbocycles. The van der Waals surface area contributed by atoms with E-state index in [-0.39, 0.29) is 11.9 Å². The number of piperazine rings is 1. The molecule has 27 heavy (non-hydrogen) atoms. The normalized spacial score (nSPS) is 16.5. The molecule has 0 unspecified atom stereocenters. The van der Waals surface area contributed by atoms with Crippen LogP contribution >= 0.6 is 0 Å². The van der Waals surface area contributed by atoms with Crippen LogP contribution in [-0.4, -0.2) is 54.2 Å². The Morgan fingerprint density at radius 3 is 2.52 bits per heavy atom. The molecule has 2 aromatic rings. The standard InChI is InChI=1S/C20H29N5O2/c1-15(2)13-18(26)21-17(14-16-7-5-4-6-8-16)19-22-23-20(27-19)25-11-9-24(3)10-12-25/h4-8,15,17H,9-14H2,1-3H3,(H,21,26)/t17-/m1/s1. The van der Waals surface area contributed by atoms with Crippen molar-refractivity contribution in [2.45, 2.75) is 32.7 Å². The van der Waals surface area contributed by atoms with Crippen LogP contribution in [0.25, 0.3) is 0 Å². The molecule has 1 atom stereocenters. The van der Waals surface area contributed by atoms with Crippen molar-refractivity contribution in [2.75, 3.05) is 38.1 Å². The topological polar surface area (TPSA) is 74.5 Å². The van der Waals surface area contributed by atoms with Crippen LogP contribution in [0.4, 0.5) is 6.01 Å². The van der Waals surface area contributed by atoms with Gasteiger partial charge >= 0.3 is 6.01 Å². The Morgan fingerprint density at radius 1 is 1.15 bits per heavy atom. The number of carbonyl (C=O) groups excluding carboxylic acids is 1. The van der Waals surface area contributed by atoms with Gasteiger partial charge in [-0.2, -0.15) is 0 Å². The smallest absolute Gasteiger partial charge is 0.318 e. The Balaban J connectivity index is 1.74. The van der Waals surface area contributed by atoms with Gasteiger partial charge in [0, 0.05) is 39.0 Å². The van der Waals surface area contributed by atoms with Gasteiger partial charge in [-0.05, 0) is 18.5 Å². The second-order valence-electron chi connectivity index (χ2n) is 7.62. The van der Waals surface area contributed by atoms with Crippen molar-refractivity contribution in [1.29, 1.82) is 0 Å². The number of nitrogens with zero attached hydrogens (tertiary/aromatic N) is 4. The second-order valence-corrected chi connectivity index (χ2v) is 7.62. The van der Waals surface area contributed by atoms with Gasteiger partial charge in [-0.15, -0.1) is 5.10 Å². The first kappa shape index (κ1) is 19.4. The van der Waals surface area contributed by atoms with E-state index in [1.54, 1.807) is 0 Å². The lowest BCUT2D eigenvalue weighted by molar-refractivity contribution is -0.122. The summed E-state index contributed by atoms with van der Waals surface area (Å²) in [6, 6.07) is 10.3. The molecule has 0 bridgehead atoms. The monoisotopic (exact) mass is 371 g/mol. The molecule has 1 aromatic heterocycles. The molecule has 1 amide bonds. The maximum absolute atomic E-state index is 12.4. The predicted molar refractivity (Wildman–Crippen MR) is 104 cm³/mol. The molecule has 1 aromatic carbocycles. The molecule has 1 aliphatic rings. The van der Waals surface area contributed by atoms with Crippen molar-refractivity contribution < 1.29 is 9.21 Å². The maximum Gasteiger partial charge on any atom is 0.318 e. The summed E-state index contributed by atoms with van der Waals surface area (Å²) < 4.78 is 5.97. The van der Waals surface area contributed by atoms with Crippen LogP contribution in [-0.2, 0) is 11.2 Å². The van der Waals surface area contributed by atoms with Crippen LogP contribution in [0, 0.1) is 5.92 Å². The summed E-state index contributed by atoms with van der Waals surface area (Å²) in [6.45, 7) is 7.73. The number of benzene rings is 1. The van der Waals surface area contributed by atoms with Crippen molar-refractivity contribution in [3.05, 3.63) is 41.8 Å². The third kappa shape index (κ3) is 5.53. The highest BCUT2D eigenvalue weighted by atomic mass is 16.4. The molecule has 1 N–H and O–H groups in total. The predicted octanol–water partition coefficient (Wildman–Crippen LogP) is 2.27. The number of rotatable bonds is 7.